The highest BCUT2D eigenvalue weighted by molar-refractivity contribution is 7.90. The summed E-state index contributed by atoms with van der Waals surface area (Å²) < 4.78 is 44.2. The fourth-order valence-corrected chi connectivity index (χ4v) is 5.78. The van der Waals surface area contributed by atoms with Gasteiger partial charge in [0.15, 0.2) is 5.60 Å². The molecule has 1 saturated heterocycles. The van der Waals surface area contributed by atoms with Crippen LogP contribution in [0.25, 0.3) is 0 Å². The van der Waals surface area contributed by atoms with Crippen LogP contribution in [0.1, 0.15) is 28.4 Å². The number of rotatable bonds is 4. The molecule has 2 aliphatic heterocycles. The number of sulfonamides is 1. The molecule has 0 N–H and O–H groups in total. The molecule has 1 spiro atoms. The van der Waals surface area contributed by atoms with Crippen LogP contribution < -0.4 is 4.74 Å². The Kier molecular flexibility index (Phi) is 5.22. The topological polar surface area (TPSA) is 65.0 Å². The normalized spacial score (nSPS) is 25.2. The molecule has 0 amide bonds. The van der Waals surface area contributed by atoms with Crippen LogP contribution in [-0.4, -0.2) is 26.3 Å². The summed E-state index contributed by atoms with van der Waals surface area (Å²) in [6.45, 7) is 8.28. The van der Waals surface area contributed by atoms with Crippen LogP contribution in [-0.2, 0) is 14.8 Å². The molecule has 0 unspecified atom stereocenters. The van der Waals surface area contributed by atoms with Crippen molar-refractivity contribution in [2.45, 2.75) is 30.4 Å². The lowest BCUT2D eigenvalue weighted by Crippen LogP contribution is -2.49. The van der Waals surface area contributed by atoms with Crippen LogP contribution in [0.4, 0.5) is 0 Å². The number of para-hydroxylation sites is 1. The van der Waals surface area contributed by atoms with E-state index in [2.05, 4.69) is 11.0 Å². The molecule has 3 atom stereocenters. The molecule has 33 heavy (non-hydrogen) atoms. The lowest BCUT2D eigenvalue weighted by atomic mass is 9.77. The third kappa shape index (κ3) is 3.41. The fourth-order valence-electron chi connectivity index (χ4n) is 4.71. The van der Waals surface area contributed by atoms with Gasteiger partial charge in [0, 0.05) is 11.5 Å². The second kappa shape index (κ2) is 7.97. The molecule has 0 radical (unpaired) electrons. The van der Waals surface area contributed by atoms with E-state index in [0.29, 0.717) is 23.6 Å². The van der Waals surface area contributed by atoms with Gasteiger partial charge in [-0.2, -0.15) is 12.8 Å². The second-order valence-electron chi connectivity index (χ2n) is 8.53. The van der Waals surface area contributed by atoms with E-state index in [9.17, 15) is 8.42 Å². The molecule has 0 aromatic heterocycles. The smallest absolute Gasteiger partial charge is 0.282 e. The molecule has 2 aliphatic rings. The largest absolute Gasteiger partial charge is 0.476 e. The first kappa shape index (κ1) is 21.6. The second-order valence-corrected chi connectivity index (χ2v) is 10.1. The number of hydrogen-bond donors (Lipinski definition) is 0. The van der Waals surface area contributed by atoms with Crippen LogP contribution in [0.2, 0.25) is 0 Å². The molecule has 0 aliphatic carbocycles. The van der Waals surface area contributed by atoms with Gasteiger partial charge in [0.25, 0.3) is 10.0 Å². The molecule has 5 rings (SSSR count). The SMILES string of the molecule is C=C[C@H]1CO[C@@H](c2ccccc2C)[C@@]12Oc1ccccc1/C2=N\S(=O)(=O)c1ccc(C)cc1. The summed E-state index contributed by atoms with van der Waals surface area (Å²) in [5.41, 5.74) is 2.82. The monoisotopic (exact) mass is 459 g/mol. The summed E-state index contributed by atoms with van der Waals surface area (Å²) in [4.78, 5) is 0.140. The van der Waals surface area contributed by atoms with Gasteiger partial charge in [-0.3, -0.25) is 0 Å². The summed E-state index contributed by atoms with van der Waals surface area (Å²) in [5, 5.41) is 0. The molecule has 168 valence electrons. The minimum Gasteiger partial charge on any atom is -0.476 e. The van der Waals surface area contributed by atoms with Gasteiger partial charge in [-0.05, 0) is 49.2 Å². The van der Waals surface area contributed by atoms with Gasteiger partial charge in [0.05, 0.1) is 11.5 Å². The van der Waals surface area contributed by atoms with Crippen molar-refractivity contribution in [2.75, 3.05) is 6.61 Å². The maximum atomic E-state index is 13.4. The van der Waals surface area contributed by atoms with Crippen molar-refractivity contribution < 1.29 is 17.9 Å². The zero-order chi connectivity index (χ0) is 23.2. The molecule has 3 aromatic rings. The quantitative estimate of drug-likeness (QED) is 0.504. The lowest BCUT2D eigenvalue weighted by Gasteiger charge is -2.34. The minimum atomic E-state index is -4.00. The summed E-state index contributed by atoms with van der Waals surface area (Å²) >= 11 is 0. The number of hydrogen-bond acceptors (Lipinski definition) is 4. The van der Waals surface area contributed by atoms with E-state index >= 15 is 0 Å². The van der Waals surface area contributed by atoms with E-state index < -0.39 is 21.7 Å². The number of nitrogens with zero attached hydrogens (tertiary/aromatic N) is 1. The number of aryl methyl sites for hydroxylation is 2. The van der Waals surface area contributed by atoms with Gasteiger partial charge >= 0.3 is 0 Å². The fraction of sp³-hybridized carbons (Fsp3) is 0.222. The average Bonchev–Trinajstić information content (AvgIpc) is 3.32. The van der Waals surface area contributed by atoms with Crippen LogP contribution >= 0.6 is 0 Å². The van der Waals surface area contributed by atoms with Gasteiger partial charge in [-0.1, -0.05) is 60.2 Å². The highest BCUT2D eigenvalue weighted by Gasteiger charge is 2.61. The third-order valence-electron chi connectivity index (χ3n) is 6.46. The molecule has 2 heterocycles. The molecular weight excluding hydrogens is 434 g/mol. The zero-order valence-corrected chi connectivity index (χ0v) is 19.4. The molecule has 5 nitrogen and oxygen atoms in total. The van der Waals surface area contributed by atoms with Crippen molar-refractivity contribution in [3.8, 4) is 5.75 Å². The van der Waals surface area contributed by atoms with Gasteiger partial charge in [0.1, 0.15) is 17.6 Å². The lowest BCUT2D eigenvalue weighted by molar-refractivity contribution is 0.0252. The highest BCUT2D eigenvalue weighted by Crippen LogP contribution is 2.53. The maximum absolute atomic E-state index is 13.4. The summed E-state index contributed by atoms with van der Waals surface area (Å²) in [5.74, 6) is 0.299. The molecule has 6 heteroatoms. The molecule has 0 bridgehead atoms. The van der Waals surface area contributed by atoms with Crippen LogP contribution in [0.5, 0.6) is 5.75 Å². The number of fused-ring (bicyclic) bond motifs is 1. The summed E-state index contributed by atoms with van der Waals surface area (Å²) in [7, 11) is -4.00. The Morgan fingerprint density at radius 3 is 2.42 bits per heavy atom. The standard InChI is InChI=1S/C27H25NO4S/c1-4-20-17-31-26(22-10-6-5-9-19(22)3)27(20)25(23-11-7-8-12-24(23)32-27)28-33(29,30)21-15-13-18(2)14-16-21/h4-16,20,26H,1,17H2,2-3H3/b28-25+/t20-,26-,27+/m0/s1. The Bertz CT molecular complexity index is 1360. The van der Waals surface area contributed by atoms with Crippen LogP contribution in [0.3, 0.4) is 0 Å². The van der Waals surface area contributed by atoms with E-state index in [1.165, 1.54) is 0 Å². The van der Waals surface area contributed by atoms with E-state index in [1.807, 2.05) is 62.4 Å². The predicted octanol–water partition coefficient (Wildman–Crippen LogP) is 5.19. The Morgan fingerprint density at radius 2 is 1.70 bits per heavy atom. The van der Waals surface area contributed by atoms with Crippen molar-refractivity contribution >= 4 is 15.7 Å². The average molecular weight is 460 g/mol. The minimum absolute atomic E-state index is 0.140. The molecule has 1 fully saturated rings. The van der Waals surface area contributed by atoms with Crippen molar-refractivity contribution in [2.24, 2.45) is 10.3 Å². The highest BCUT2D eigenvalue weighted by atomic mass is 32.2. The Hall–Kier alpha value is -3.22. The first-order chi connectivity index (χ1) is 15.9. The van der Waals surface area contributed by atoms with Crippen molar-refractivity contribution in [1.29, 1.82) is 0 Å². The van der Waals surface area contributed by atoms with E-state index in [4.69, 9.17) is 9.47 Å². The number of ether oxygens (including phenoxy) is 2. The van der Waals surface area contributed by atoms with Crippen LogP contribution in [0, 0.1) is 19.8 Å². The number of benzene rings is 3. The molecule has 0 saturated carbocycles. The predicted molar refractivity (Wildman–Crippen MR) is 128 cm³/mol. The van der Waals surface area contributed by atoms with Gasteiger partial charge in [-0.25, -0.2) is 0 Å². The first-order valence-electron chi connectivity index (χ1n) is 10.9. The van der Waals surface area contributed by atoms with Crippen LogP contribution in [0.15, 0.2) is 94.7 Å². The van der Waals surface area contributed by atoms with E-state index in [0.717, 1.165) is 16.7 Å². The Balaban J connectivity index is 1.76. The maximum Gasteiger partial charge on any atom is 0.282 e. The zero-order valence-electron chi connectivity index (χ0n) is 18.6. The van der Waals surface area contributed by atoms with E-state index in [1.54, 1.807) is 30.3 Å². The first-order valence-corrected chi connectivity index (χ1v) is 12.3. The van der Waals surface area contributed by atoms with Gasteiger partial charge in [-0.15, -0.1) is 6.58 Å². The van der Waals surface area contributed by atoms with Crippen molar-refractivity contribution in [1.82, 2.24) is 0 Å². The van der Waals surface area contributed by atoms with E-state index in [-0.39, 0.29) is 10.8 Å². The summed E-state index contributed by atoms with van der Waals surface area (Å²) in [6, 6.07) is 22.0. The Morgan fingerprint density at radius 1 is 1.00 bits per heavy atom. The van der Waals surface area contributed by atoms with Gasteiger partial charge < -0.3 is 9.47 Å². The molecular formula is C27H25NO4S. The summed E-state index contributed by atoms with van der Waals surface area (Å²) in [6.07, 6.45) is 1.24. The Labute approximate surface area is 194 Å². The van der Waals surface area contributed by atoms with Crippen molar-refractivity contribution in [3.63, 3.8) is 0 Å². The van der Waals surface area contributed by atoms with Crippen molar-refractivity contribution in [3.05, 3.63) is 108 Å². The molecule has 3 aromatic carbocycles. The third-order valence-corrected chi connectivity index (χ3v) is 7.75. The van der Waals surface area contributed by atoms with Gasteiger partial charge in [0.2, 0.25) is 0 Å².